The van der Waals surface area contributed by atoms with E-state index in [9.17, 15) is 0 Å². The molecule has 0 amide bonds. The lowest BCUT2D eigenvalue weighted by Crippen LogP contribution is -2.56. The first-order valence-electron chi connectivity index (χ1n) is 10.3. The maximum Gasteiger partial charge on any atom is 0.247 e. The molecule has 2 aliphatic heterocycles. The Kier molecular flexibility index (Phi) is 5.06. The Morgan fingerprint density at radius 3 is 2.60 bits per heavy atom. The van der Waals surface area contributed by atoms with Gasteiger partial charge in [-0.05, 0) is 37.6 Å². The quantitative estimate of drug-likeness (QED) is 0.688. The highest BCUT2D eigenvalue weighted by molar-refractivity contribution is 5.64. The molecule has 0 atom stereocenters. The first-order chi connectivity index (χ1) is 14.6. The van der Waals surface area contributed by atoms with Gasteiger partial charge in [-0.25, -0.2) is 4.98 Å². The lowest BCUT2D eigenvalue weighted by molar-refractivity contribution is -0.0660. The second-order valence-electron chi connectivity index (χ2n) is 7.93. The number of ether oxygens (including phenoxy) is 1. The Balaban J connectivity index is 1.28. The standard InChI is InChI=1S/C21H26N8O/c1-15-7-17(25-21-23-14-29(26-21)20-11-22-10-16(2)24-20)9-18(8-15)27-3-5-28(6-4-27)19-12-30-13-19/h7-11,14,19H,3-6,12-13H2,1-2H3,(H,25,26). The molecule has 9 heteroatoms. The van der Waals surface area contributed by atoms with Crippen molar-refractivity contribution in [3.63, 3.8) is 0 Å². The molecule has 2 fully saturated rings. The van der Waals surface area contributed by atoms with Crippen LogP contribution >= 0.6 is 0 Å². The average molecular weight is 406 g/mol. The molecule has 2 aromatic heterocycles. The Hall–Kier alpha value is -3.04. The number of hydrogen-bond donors (Lipinski definition) is 1. The first-order valence-corrected chi connectivity index (χ1v) is 10.3. The summed E-state index contributed by atoms with van der Waals surface area (Å²) in [7, 11) is 0. The van der Waals surface area contributed by atoms with Crippen LogP contribution in [-0.4, -0.2) is 75.1 Å². The van der Waals surface area contributed by atoms with Gasteiger partial charge in [0.15, 0.2) is 5.82 Å². The van der Waals surface area contributed by atoms with Gasteiger partial charge >= 0.3 is 0 Å². The Bertz CT molecular complexity index is 1020. The van der Waals surface area contributed by atoms with Crippen LogP contribution in [0.25, 0.3) is 5.82 Å². The molecule has 0 aliphatic carbocycles. The topological polar surface area (TPSA) is 84.2 Å². The van der Waals surface area contributed by atoms with Crippen LogP contribution in [0.5, 0.6) is 0 Å². The zero-order valence-electron chi connectivity index (χ0n) is 17.3. The van der Waals surface area contributed by atoms with Crippen LogP contribution in [0.3, 0.4) is 0 Å². The fourth-order valence-electron chi connectivity index (χ4n) is 3.92. The number of piperazine rings is 1. The van der Waals surface area contributed by atoms with Crippen LogP contribution in [-0.2, 0) is 4.74 Å². The number of aryl methyl sites for hydroxylation is 2. The molecule has 3 aromatic rings. The highest BCUT2D eigenvalue weighted by Crippen LogP contribution is 2.26. The normalized spacial score (nSPS) is 17.7. The summed E-state index contributed by atoms with van der Waals surface area (Å²) in [6.45, 7) is 9.99. The second-order valence-corrected chi connectivity index (χ2v) is 7.93. The maximum atomic E-state index is 5.34. The van der Waals surface area contributed by atoms with Crippen LogP contribution in [0.2, 0.25) is 0 Å². The van der Waals surface area contributed by atoms with E-state index in [1.807, 2.05) is 6.92 Å². The van der Waals surface area contributed by atoms with E-state index in [1.165, 1.54) is 11.3 Å². The predicted molar refractivity (Wildman–Crippen MR) is 115 cm³/mol. The smallest absolute Gasteiger partial charge is 0.247 e. The lowest BCUT2D eigenvalue weighted by Gasteiger charge is -2.43. The van der Waals surface area contributed by atoms with Gasteiger partial charge in [0.25, 0.3) is 0 Å². The summed E-state index contributed by atoms with van der Waals surface area (Å²) >= 11 is 0. The van der Waals surface area contributed by atoms with E-state index >= 15 is 0 Å². The van der Waals surface area contributed by atoms with Crippen LogP contribution in [0.4, 0.5) is 17.3 Å². The number of nitrogens with zero attached hydrogens (tertiary/aromatic N) is 7. The summed E-state index contributed by atoms with van der Waals surface area (Å²) in [4.78, 5) is 18.0. The van der Waals surface area contributed by atoms with E-state index in [-0.39, 0.29) is 0 Å². The number of rotatable bonds is 5. The monoisotopic (exact) mass is 406 g/mol. The maximum absolute atomic E-state index is 5.34. The molecule has 4 heterocycles. The molecule has 1 aromatic carbocycles. The van der Waals surface area contributed by atoms with Gasteiger partial charge in [0.2, 0.25) is 5.95 Å². The third-order valence-corrected chi connectivity index (χ3v) is 5.60. The SMILES string of the molecule is Cc1cc(Nc2ncn(-c3cncc(C)n3)n2)cc(N2CCN(C3COC3)CC2)c1. The molecule has 156 valence electrons. The Labute approximate surface area is 175 Å². The zero-order valence-corrected chi connectivity index (χ0v) is 17.3. The number of nitrogens with one attached hydrogen (secondary N) is 1. The third kappa shape index (κ3) is 3.99. The lowest BCUT2D eigenvalue weighted by atomic mass is 10.1. The minimum atomic E-state index is 0.532. The number of anilines is 3. The van der Waals surface area contributed by atoms with E-state index in [1.54, 1.807) is 23.4 Å². The second kappa shape index (κ2) is 8.00. The number of benzene rings is 1. The first kappa shape index (κ1) is 19.0. The van der Waals surface area contributed by atoms with Gasteiger partial charge in [0, 0.05) is 43.8 Å². The molecule has 0 unspecified atom stereocenters. The fourth-order valence-corrected chi connectivity index (χ4v) is 3.92. The van der Waals surface area contributed by atoms with Gasteiger partial charge < -0.3 is 15.0 Å². The molecule has 30 heavy (non-hydrogen) atoms. The van der Waals surface area contributed by atoms with E-state index in [4.69, 9.17) is 4.74 Å². The van der Waals surface area contributed by atoms with Crippen LogP contribution < -0.4 is 10.2 Å². The van der Waals surface area contributed by atoms with E-state index in [0.717, 1.165) is 50.8 Å². The molecule has 0 bridgehead atoms. The largest absolute Gasteiger partial charge is 0.378 e. The third-order valence-electron chi connectivity index (χ3n) is 5.60. The highest BCUT2D eigenvalue weighted by Gasteiger charge is 2.29. The van der Waals surface area contributed by atoms with Crippen molar-refractivity contribution in [3.8, 4) is 5.82 Å². The van der Waals surface area contributed by atoms with E-state index < -0.39 is 0 Å². The molecule has 0 saturated carbocycles. The summed E-state index contributed by atoms with van der Waals surface area (Å²) in [6, 6.07) is 7.13. The van der Waals surface area contributed by atoms with Crippen molar-refractivity contribution >= 4 is 17.3 Å². The van der Waals surface area contributed by atoms with Crippen LogP contribution in [0.1, 0.15) is 11.3 Å². The summed E-state index contributed by atoms with van der Waals surface area (Å²) in [5.41, 5.74) is 4.25. The zero-order chi connectivity index (χ0) is 20.5. The van der Waals surface area contributed by atoms with Gasteiger partial charge in [-0.15, -0.1) is 5.10 Å². The average Bonchev–Trinajstić information content (AvgIpc) is 3.15. The molecule has 5 rings (SSSR count). The number of hydrogen-bond acceptors (Lipinski definition) is 8. The Morgan fingerprint density at radius 1 is 1.03 bits per heavy atom. The number of aromatic nitrogens is 5. The summed E-state index contributed by atoms with van der Waals surface area (Å²) in [5.74, 6) is 1.18. The summed E-state index contributed by atoms with van der Waals surface area (Å²) < 4.78 is 6.97. The van der Waals surface area contributed by atoms with E-state index in [0.29, 0.717) is 17.8 Å². The molecule has 1 N–H and O–H groups in total. The minimum Gasteiger partial charge on any atom is -0.378 e. The minimum absolute atomic E-state index is 0.532. The van der Waals surface area contributed by atoms with Crippen molar-refractivity contribution in [3.05, 3.63) is 48.2 Å². The van der Waals surface area contributed by atoms with Crippen molar-refractivity contribution in [2.24, 2.45) is 0 Å². The van der Waals surface area contributed by atoms with Crippen molar-refractivity contribution < 1.29 is 4.74 Å². The fraction of sp³-hybridized carbons (Fsp3) is 0.429. The summed E-state index contributed by atoms with van der Waals surface area (Å²) in [5, 5.41) is 7.82. The highest BCUT2D eigenvalue weighted by atomic mass is 16.5. The van der Waals surface area contributed by atoms with Gasteiger partial charge in [0.05, 0.1) is 31.1 Å². The van der Waals surface area contributed by atoms with Crippen molar-refractivity contribution in [1.82, 2.24) is 29.6 Å². The predicted octanol–water partition coefficient (Wildman–Crippen LogP) is 1.94. The molecular weight excluding hydrogens is 380 g/mol. The molecule has 2 saturated heterocycles. The van der Waals surface area contributed by atoms with Crippen molar-refractivity contribution in [1.29, 1.82) is 0 Å². The van der Waals surface area contributed by atoms with Crippen LogP contribution in [0.15, 0.2) is 36.9 Å². The molecular formula is C21H26N8O. The van der Waals surface area contributed by atoms with Gasteiger partial charge in [-0.1, -0.05) is 0 Å². The molecule has 9 nitrogen and oxygen atoms in total. The van der Waals surface area contributed by atoms with Crippen LogP contribution in [0, 0.1) is 13.8 Å². The van der Waals surface area contributed by atoms with Gasteiger partial charge in [-0.3, -0.25) is 9.88 Å². The Morgan fingerprint density at radius 2 is 1.87 bits per heavy atom. The summed E-state index contributed by atoms with van der Waals surface area (Å²) in [6.07, 6.45) is 5.03. The molecule has 2 aliphatic rings. The van der Waals surface area contributed by atoms with E-state index in [2.05, 4.69) is 60.3 Å². The van der Waals surface area contributed by atoms with Gasteiger partial charge in [0.1, 0.15) is 6.33 Å². The molecule has 0 radical (unpaired) electrons. The molecule has 0 spiro atoms. The van der Waals surface area contributed by atoms with Gasteiger partial charge in [-0.2, -0.15) is 9.67 Å². The van der Waals surface area contributed by atoms with Crippen molar-refractivity contribution in [2.75, 3.05) is 49.6 Å². The van der Waals surface area contributed by atoms with Crippen molar-refractivity contribution in [2.45, 2.75) is 19.9 Å².